The average Bonchev–Trinajstić information content (AvgIpc) is 2.99. The lowest BCUT2D eigenvalue weighted by molar-refractivity contribution is -0.155. The minimum atomic E-state index is -1.01. The largest absolute Gasteiger partial charge is 0.481 e. The van der Waals surface area contributed by atoms with Crippen LogP contribution < -0.4 is 0 Å². The second-order valence-corrected chi connectivity index (χ2v) is 9.90. The molecule has 0 saturated heterocycles. The van der Waals surface area contributed by atoms with Crippen LogP contribution in [0.4, 0.5) is 0 Å². The van der Waals surface area contributed by atoms with Crippen LogP contribution in [0.15, 0.2) is 11.6 Å². The van der Waals surface area contributed by atoms with Gasteiger partial charge in [0.2, 0.25) is 0 Å². The van der Waals surface area contributed by atoms with Crippen molar-refractivity contribution in [1.82, 2.24) is 0 Å². The van der Waals surface area contributed by atoms with Crippen molar-refractivity contribution in [2.24, 2.45) is 28.6 Å². The highest BCUT2D eigenvalue weighted by Crippen LogP contribution is 2.65. The number of carboxylic acids is 1. The van der Waals surface area contributed by atoms with Crippen molar-refractivity contribution in [1.29, 1.82) is 0 Å². The number of aliphatic hydroxyl groups is 1. The molecule has 0 heterocycles. The zero-order valence-electron chi connectivity index (χ0n) is 17.2. The molecule has 0 aromatic rings. The molecule has 0 unspecified atom stereocenters. The number of hydrogen-bond donors (Lipinski definition) is 2. The summed E-state index contributed by atoms with van der Waals surface area (Å²) < 4.78 is 5.63. The fourth-order valence-electron chi connectivity index (χ4n) is 7.09. The SMILES string of the molecule is C[C@]12CC[C@H]3[C@@H](CCC4=CC(=O)CC[C@@]43COC(=O)CCC(=O)O)[C@@H]1CC[C@@H]2O. The first-order valence-electron chi connectivity index (χ1n) is 11.1. The molecule has 3 fully saturated rings. The molecule has 4 aliphatic rings. The fourth-order valence-corrected chi connectivity index (χ4v) is 7.09. The van der Waals surface area contributed by atoms with Crippen LogP contribution in [0.1, 0.15) is 71.1 Å². The van der Waals surface area contributed by atoms with E-state index in [1.165, 1.54) is 0 Å². The normalized spacial score (nSPS) is 41.0. The number of carboxylic acid groups (broad SMARTS) is 1. The molecular formula is C23H32O6. The molecule has 29 heavy (non-hydrogen) atoms. The molecule has 0 aromatic heterocycles. The summed E-state index contributed by atoms with van der Waals surface area (Å²) in [5.41, 5.74) is 0.805. The number of aliphatic carboxylic acids is 1. The van der Waals surface area contributed by atoms with Gasteiger partial charge in [0.25, 0.3) is 0 Å². The van der Waals surface area contributed by atoms with E-state index in [1.54, 1.807) is 6.08 Å². The van der Waals surface area contributed by atoms with Gasteiger partial charge in [0.05, 0.1) is 18.9 Å². The van der Waals surface area contributed by atoms with Crippen LogP contribution >= 0.6 is 0 Å². The van der Waals surface area contributed by atoms with Gasteiger partial charge < -0.3 is 14.9 Å². The Labute approximate surface area is 171 Å². The molecule has 0 amide bonds. The zero-order chi connectivity index (χ0) is 20.8. The smallest absolute Gasteiger partial charge is 0.306 e. The highest BCUT2D eigenvalue weighted by Gasteiger charge is 2.60. The highest BCUT2D eigenvalue weighted by molar-refractivity contribution is 5.91. The van der Waals surface area contributed by atoms with E-state index >= 15 is 0 Å². The van der Waals surface area contributed by atoms with Gasteiger partial charge in [-0.05, 0) is 74.2 Å². The van der Waals surface area contributed by atoms with E-state index in [0.717, 1.165) is 44.1 Å². The standard InChI is InChI=1S/C23H32O6/c1-22-10-9-18-16(17(22)4-5-19(22)25)3-2-14-12-15(24)8-11-23(14,18)13-29-21(28)7-6-20(26)27/h12,16-19,25H,2-11,13H2,1H3,(H,26,27)/t16-,17-,18-,19-,22-,23+/m0/s1. The van der Waals surface area contributed by atoms with Crippen molar-refractivity contribution >= 4 is 17.7 Å². The van der Waals surface area contributed by atoms with Crippen molar-refractivity contribution in [3.63, 3.8) is 0 Å². The van der Waals surface area contributed by atoms with Gasteiger partial charge in [0, 0.05) is 11.8 Å². The first-order chi connectivity index (χ1) is 13.8. The first kappa shape index (κ1) is 20.6. The third-order valence-corrected chi connectivity index (χ3v) is 8.67. The topological polar surface area (TPSA) is 101 Å². The van der Waals surface area contributed by atoms with Crippen LogP contribution in [0.5, 0.6) is 0 Å². The maximum Gasteiger partial charge on any atom is 0.306 e. The Hall–Kier alpha value is -1.69. The number of hydrogen-bond acceptors (Lipinski definition) is 5. The van der Waals surface area contributed by atoms with Crippen LogP contribution in [0.2, 0.25) is 0 Å². The van der Waals surface area contributed by atoms with Gasteiger partial charge in [0.1, 0.15) is 6.61 Å². The maximum atomic E-state index is 12.2. The molecule has 0 spiro atoms. The maximum absolute atomic E-state index is 12.2. The van der Waals surface area contributed by atoms with Gasteiger partial charge in [-0.2, -0.15) is 0 Å². The number of carbonyl (C=O) groups is 3. The lowest BCUT2D eigenvalue weighted by Gasteiger charge is -2.58. The molecule has 6 nitrogen and oxygen atoms in total. The molecule has 0 aromatic carbocycles. The Morgan fingerprint density at radius 3 is 2.66 bits per heavy atom. The van der Waals surface area contributed by atoms with Crippen molar-refractivity contribution in [3.05, 3.63) is 11.6 Å². The van der Waals surface area contributed by atoms with Crippen LogP contribution in [0.25, 0.3) is 0 Å². The van der Waals surface area contributed by atoms with Crippen LogP contribution in [-0.2, 0) is 19.1 Å². The van der Waals surface area contributed by atoms with Crippen molar-refractivity contribution in [2.75, 3.05) is 6.61 Å². The summed E-state index contributed by atoms with van der Waals surface area (Å²) in [5.74, 6) is -0.0106. The molecule has 0 radical (unpaired) electrons. The lowest BCUT2D eigenvalue weighted by Crippen LogP contribution is -2.54. The van der Waals surface area contributed by atoms with Crippen LogP contribution in [-0.4, -0.2) is 40.6 Å². The minimum absolute atomic E-state index is 0.0216. The first-order valence-corrected chi connectivity index (χ1v) is 11.1. The van der Waals surface area contributed by atoms with E-state index in [9.17, 15) is 19.5 Å². The fraction of sp³-hybridized carbons (Fsp3) is 0.783. The molecule has 3 saturated carbocycles. The number of aliphatic hydroxyl groups excluding tert-OH is 1. The Morgan fingerprint density at radius 2 is 1.90 bits per heavy atom. The van der Waals surface area contributed by atoms with E-state index in [1.807, 2.05) is 0 Å². The summed E-state index contributed by atoms with van der Waals surface area (Å²) in [5, 5.41) is 19.4. The Kier molecular flexibility index (Phi) is 5.34. The molecule has 2 N–H and O–H groups in total. The Morgan fingerprint density at radius 1 is 1.10 bits per heavy atom. The summed E-state index contributed by atoms with van der Waals surface area (Å²) in [7, 11) is 0. The molecular weight excluding hydrogens is 372 g/mol. The Bertz CT molecular complexity index is 742. The van der Waals surface area contributed by atoms with Crippen LogP contribution in [0.3, 0.4) is 0 Å². The van der Waals surface area contributed by atoms with E-state index < -0.39 is 11.9 Å². The number of rotatable bonds is 5. The summed E-state index contributed by atoms with van der Waals surface area (Å²) in [6.45, 7) is 2.48. The Balaban J connectivity index is 1.58. The summed E-state index contributed by atoms with van der Waals surface area (Å²) in [6, 6.07) is 0. The molecule has 6 heteroatoms. The number of esters is 1. The van der Waals surface area contributed by atoms with Gasteiger partial charge in [-0.1, -0.05) is 12.5 Å². The van der Waals surface area contributed by atoms with E-state index in [2.05, 4.69) is 6.92 Å². The van der Waals surface area contributed by atoms with Gasteiger partial charge in [0.15, 0.2) is 5.78 Å². The number of ketones is 1. The lowest BCUT2D eigenvalue weighted by atomic mass is 9.47. The predicted octanol–water partition coefficient (Wildman–Crippen LogP) is 3.27. The third kappa shape index (κ3) is 3.43. The van der Waals surface area contributed by atoms with Gasteiger partial charge in [-0.25, -0.2) is 0 Å². The minimum Gasteiger partial charge on any atom is -0.481 e. The average molecular weight is 405 g/mol. The number of carbonyl (C=O) groups excluding carboxylic acids is 2. The summed E-state index contributed by atoms with van der Waals surface area (Å²) >= 11 is 0. The third-order valence-electron chi connectivity index (χ3n) is 8.67. The van der Waals surface area contributed by atoms with Gasteiger partial charge >= 0.3 is 11.9 Å². The van der Waals surface area contributed by atoms with Crippen molar-refractivity contribution in [3.8, 4) is 0 Å². The second-order valence-electron chi connectivity index (χ2n) is 9.90. The van der Waals surface area contributed by atoms with Gasteiger partial charge in [-0.15, -0.1) is 0 Å². The number of fused-ring (bicyclic) bond motifs is 5. The van der Waals surface area contributed by atoms with E-state index in [4.69, 9.17) is 9.84 Å². The van der Waals surface area contributed by atoms with Crippen molar-refractivity contribution in [2.45, 2.75) is 77.2 Å². The van der Waals surface area contributed by atoms with Gasteiger partial charge in [-0.3, -0.25) is 14.4 Å². The van der Waals surface area contributed by atoms with Crippen molar-refractivity contribution < 1.29 is 29.3 Å². The molecule has 0 aliphatic heterocycles. The van der Waals surface area contributed by atoms with Crippen LogP contribution in [0, 0.1) is 28.6 Å². The molecule has 160 valence electrons. The molecule has 4 rings (SSSR count). The molecule has 0 bridgehead atoms. The highest BCUT2D eigenvalue weighted by atomic mass is 16.5. The molecule has 4 aliphatic carbocycles. The predicted molar refractivity (Wildman–Crippen MR) is 105 cm³/mol. The second kappa shape index (κ2) is 7.53. The summed E-state index contributed by atoms with van der Waals surface area (Å²) in [4.78, 5) is 35.0. The van der Waals surface area contributed by atoms with E-state index in [0.29, 0.717) is 30.6 Å². The molecule has 6 atom stereocenters. The van der Waals surface area contributed by atoms with E-state index in [-0.39, 0.29) is 42.2 Å². The zero-order valence-corrected chi connectivity index (χ0v) is 17.2. The quantitative estimate of drug-likeness (QED) is 0.682. The monoisotopic (exact) mass is 404 g/mol. The summed E-state index contributed by atoms with van der Waals surface area (Å²) in [6.07, 6.45) is 8.14. The number of ether oxygens (including phenoxy) is 1.